The molecule has 9 nitrogen and oxygen atoms in total. The van der Waals surface area contributed by atoms with E-state index in [0.29, 0.717) is 24.3 Å². The van der Waals surface area contributed by atoms with Crippen LogP contribution in [-0.2, 0) is 28.3 Å². The first-order valence-corrected chi connectivity index (χ1v) is 21.6. The predicted molar refractivity (Wildman–Crippen MR) is 220 cm³/mol. The van der Waals surface area contributed by atoms with Crippen LogP contribution in [0.2, 0.25) is 0 Å². The molecule has 3 atom stereocenters. The number of carbonyl (C=O) groups excluding carboxylic acids is 1. The molecule has 4 aromatic rings. The van der Waals surface area contributed by atoms with Crippen LogP contribution in [0.4, 0.5) is 5.69 Å². The molecular weight excluding hydrogens is 721 g/mol. The summed E-state index contributed by atoms with van der Waals surface area (Å²) in [6, 6.07) is 18.9. The van der Waals surface area contributed by atoms with Gasteiger partial charge in [0, 0.05) is 41.2 Å². The van der Waals surface area contributed by atoms with E-state index in [1.54, 1.807) is 46.9 Å². The number of rotatable bonds is 9. The number of ether oxygens (including phenoxy) is 2. The molecular formula is C43H54N2O7S2. The van der Waals surface area contributed by atoms with Gasteiger partial charge in [0.05, 0.1) is 31.5 Å². The fourth-order valence-electron chi connectivity index (χ4n) is 8.08. The van der Waals surface area contributed by atoms with Gasteiger partial charge in [-0.1, -0.05) is 71.2 Å². The van der Waals surface area contributed by atoms with Crippen LogP contribution in [0.25, 0.3) is 21.9 Å². The van der Waals surface area contributed by atoms with Crippen LogP contribution in [0.1, 0.15) is 93.2 Å². The van der Waals surface area contributed by atoms with Crippen LogP contribution in [0.15, 0.2) is 60.7 Å². The monoisotopic (exact) mass is 774 g/mol. The summed E-state index contributed by atoms with van der Waals surface area (Å²) in [5.74, 6) is 2.28. The number of phenols is 2. The Morgan fingerprint density at radius 2 is 1.76 bits per heavy atom. The SMILES string of the molecule is CNC(OC1CCCCSSCc2c(ccc3ccc(O)cc23)-c2c(ccc(O)c2OC)CCC(=O)C1)c1ccc(NC2(C(C)O)CCCC2)c(CO)c1. The molecule has 6 N–H and O–H groups in total. The zero-order valence-corrected chi connectivity index (χ0v) is 33.2. The highest BCUT2D eigenvalue weighted by atomic mass is 33.1. The lowest BCUT2D eigenvalue weighted by Crippen LogP contribution is -2.45. The molecule has 1 aliphatic heterocycles. The lowest BCUT2D eigenvalue weighted by molar-refractivity contribution is -0.124. The summed E-state index contributed by atoms with van der Waals surface area (Å²) in [6.07, 6.45) is 6.13. The summed E-state index contributed by atoms with van der Waals surface area (Å²) in [6.45, 7) is 1.67. The Hall–Kier alpha value is -3.45. The molecule has 1 aliphatic carbocycles. The number of carbonyl (C=O) groups is 1. The van der Waals surface area contributed by atoms with Gasteiger partial charge < -0.3 is 35.2 Å². The van der Waals surface area contributed by atoms with Crippen molar-refractivity contribution in [2.75, 3.05) is 25.2 Å². The number of fused-ring (bicyclic) bond motifs is 5. The Morgan fingerprint density at radius 1 is 0.963 bits per heavy atom. The van der Waals surface area contributed by atoms with E-state index in [-0.39, 0.29) is 36.4 Å². The van der Waals surface area contributed by atoms with Crippen molar-refractivity contribution in [1.82, 2.24) is 5.32 Å². The van der Waals surface area contributed by atoms with Crippen molar-refractivity contribution in [2.45, 2.75) is 107 Å². The van der Waals surface area contributed by atoms with Gasteiger partial charge in [-0.05, 0) is 109 Å². The molecule has 0 amide bonds. The van der Waals surface area contributed by atoms with Crippen molar-refractivity contribution in [3.63, 3.8) is 0 Å². The lowest BCUT2D eigenvalue weighted by Gasteiger charge is -2.35. The Bertz CT molecular complexity index is 1910. The minimum absolute atomic E-state index is 0.0294. The number of ketones is 1. The third kappa shape index (κ3) is 9.15. The van der Waals surface area contributed by atoms with E-state index in [2.05, 4.69) is 16.7 Å². The van der Waals surface area contributed by atoms with Crippen molar-refractivity contribution in [2.24, 2.45) is 0 Å². The minimum Gasteiger partial charge on any atom is -0.508 e. The summed E-state index contributed by atoms with van der Waals surface area (Å²) in [7, 11) is 6.96. The number of nitrogens with one attached hydrogen (secondary N) is 2. The predicted octanol–water partition coefficient (Wildman–Crippen LogP) is 8.78. The first-order valence-electron chi connectivity index (χ1n) is 19.1. The standard InChI is InChI=1S/C43H54N2O7S2/c1-27(47)43(19-5-6-20-43)45-38-17-12-30(22-31(38)25-46)42(44-2)52-34-8-4-7-21-53-54-26-37-35(16-11-28-9-14-33(49)24-36(28)37)40-29(10-15-32(48)23-34)13-18-39(50)41(40)51-3/h9,11-14,16-18,22,24,27,34,42,44-47,49-50H,4-8,10,15,19-21,23,25-26H2,1-3H3. The molecule has 2 aliphatic rings. The van der Waals surface area contributed by atoms with Gasteiger partial charge in [0.25, 0.3) is 0 Å². The maximum atomic E-state index is 13.8. The van der Waals surface area contributed by atoms with E-state index in [1.807, 2.05) is 50.4 Å². The third-order valence-corrected chi connectivity index (χ3v) is 13.5. The zero-order valence-electron chi connectivity index (χ0n) is 31.5. The normalized spacial score (nSPS) is 19.5. The van der Waals surface area contributed by atoms with Gasteiger partial charge in [-0.3, -0.25) is 10.1 Å². The first kappa shape index (κ1) is 40.2. The molecule has 54 heavy (non-hydrogen) atoms. The average Bonchev–Trinajstić information content (AvgIpc) is 3.65. The number of hydrogen-bond acceptors (Lipinski definition) is 11. The summed E-state index contributed by atoms with van der Waals surface area (Å²) >= 11 is 0. The van der Waals surface area contributed by atoms with E-state index >= 15 is 0 Å². The van der Waals surface area contributed by atoms with Crippen LogP contribution in [0, 0.1) is 0 Å². The van der Waals surface area contributed by atoms with Crippen LogP contribution in [0.5, 0.6) is 17.2 Å². The quantitative estimate of drug-likeness (QED) is 0.0719. The maximum Gasteiger partial charge on any atom is 0.168 e. The number of aromatic hydroxyl groups is 2. The number of aryl methyl sites for hydroxylation is 1. The smallest absolute Gasteiger partial charge is 0.168 e. The summed E-state index contributed by atoms with van der Waals surface area (Å²) in [4.78, 5) is 13.8. The molecule has 0 bridgehead atoms. The van der Waals surface area contributed by atoms with Crippen LogP contribution >= 0.6 is 21.6 Å². The lowest BCUT2D eigenvalue weighted by atomic mass is 9.89. The van der Waals surface area contributed by atoms with Gasteiger partial charge in [0.2, 0.25) is 0 Å². The Balaban J connectivity index is 1.25. The molecule has 4 aromatic carbocycles. The van der Waals surface area contributed by atoms with E-state index < -0.39 is 17.9 Å². The van der Waals surface area contributed by atoms with Crippen molar-refractivity contribution < 1.29 is 34.7 Å². The number of aliphatic hydroxyl groups is 2. The van der Waals surface area contributed by atoms with Gasteiger partial charge in [0.1, 0.15) is 17.8 Å². The minimum atomic E-state index is -0.521. The van der Waals surface area contributed by atoms with Gasteiger partial charge in [-0.25, -0.2) is 0 Å². The van der Waals surface area contributed by atoms with Crippen molar-refractivity contribution in [3.8, 4) is 28.4 Å². The molecule has 0 saturated heterocycles. The number of aliphatic hydroxyl groups excluding tert-OH is 2. The van der Waals surface area contributed by atoms with Gasteiger partial charge >= 0.3 is 0 Å². The average molecular weight is 775 g/mol. The number of benzene rings is 4. The first-order chi connectivity index (χ1) is 26.2. The molecule has 11 heteroatoms. The highest BCUT2D eigenvalue weighted by molar-refractivity contribution is 8.76. The van der Waals surface area contributed by atoms with Crippen LogP contribution in [-0.4, -0.2) is 63.9 Å². The topological polar surface area (TPSA) is 141 Å². The van der Waals surface area contributed by atoms with E-state index in [9.17, 15) is 25.2 Å². The maximum absolute atomic E-state index is 13.8. The van der Waals surface area contributed by atoms with Gasteiger partial charge in [-0.15, -0.1) is 0 Å². The summed E-state index contributed by atoms with van der Waals surface area (Å²) < 4.78 is 12.5. The molecule has 290 valence electrons. The second-order valence-corrected chi connectivity index (χ2v) is 17.2. The second kappa shape index (κ2) is 18.5. The molecule has 0 radical (unpaired) electrons. The highest BCUT2D eigenvalue weighted by Crippen LogP contribution is 2.46. The molecule has 0 spiro atoms. The molecule has 6 rings (SSSR count). The number of anilines is 1. The van der Waals surface area contributed by atoms with Crippen molar-refractivity contribution in [1.29, 1.82) is 0 Å². The summed E-state index contributed by atoms with van der Waals surface area (Å²) in [5.41, 5.74) is 5.62. The number of Topliss-reactive ketones (excluding diaryl/α,β-unsaturated/α-hetero) is 1. The van der Waals surface area contributed by atoms with Crippen LogP contribution < -0.4 is 15.4 Å². The molecule has 1 heterocycles. The fraction of sp³-hybridized carbons (Fsp3) is 0.465. The summed E-state index contributed by atoms with van der Waals surface area (Å²) in [5, 5.41) is 51.2. The number of methoxy groups -OCH3 is 1. The van der Waals surface area contributed by atoms with Crippen molar-refractivity contribution in [3.05, 3.63) is 82.9 Å². The van der Waals surface area contributed by atoms with Crippen LogP contribution in [0.3, 0.4) is 0 Å². The Labute approximate surface area is 326 Å². The Morgan fingerprint density at radius 3 is 2.50 bits per heavy atom. The molecule has 3 unspecified atom stereocenters. The number of hydrogen-bond donors (Lipinski definition) is 6. The Kier molecular flexibility index (Phi) is 13.7. The molecule has 1 fully saturated rings. The fourth-order valence-corrected chi connectivity index (χ4v) is 10.3. The highest BCUT2D eigenvalue weighted by Gasteiger charge is 2.38. The third-order valence-electron chi connectivity index (χ3n) is 11.1. The van der Waals surface area contributed by atoms with E-state index in [4.69, 9.17) is 9.47 Å². The largest absolute Gasteiger partial charge is 0.508 e. The van der Waals surface area contributed by atoms with E-state index in [0.717, 1.165) is 101 Å². The number of phenolic OH excluding ortho intramolecular Hbond substituents is 2. The van der Waals surface area contributed by atoms with E-state index in [1.165, 1.54) is 0 Å². The van der Waals surface area contributed by atoms with Crippen molar-refractivity contribution >= 4 is 43.8 Å². The molecule has 0 aromatic heterocycles. The van der Waals surface area contributed by atoms with Gasteiger partial charge in [0.15, 0.2) is 11.5 Å². The van der Waals surface area contributed by atoms with Gasteiger partial charge in [-0.2, -0.15) is 0 Å². The zero-order chi connectivity index (χ0) is 38.2. The second-order valence-electron chi connectivity index (χ2n) is 14.6. The molecule has 1 saturated carbocycles.